The van der Waals surface area contributed by atoms with Crippen molar-refractivity contribution in [1.29, 1.82) is 0 Å². The average molecular weight is 442 g/mol. The summed E-state index contributed by atoms with van der Waals surface area (Å²) in [5.74, 6) is 0.289. The highest BCUT2D eigenvalue weighted by Gasteiger charge is 2.35. The summed E-state index contributed by atoms with van der Waals surface area (Å²) in [6.45, 7) is 3.91. The third kappa shape index (κ3) is 4.43. The maximum absolute atomic E-state index is 13.3. The van der Waals surface area contributed by atoms with Gasteiger partial charge in [0.1, 0.15) is 0 Å². The first kappa shape index (κ1) is 21.4. The molecule has 0 bridgehead atoms. The van der Waals surface area contributed by atoms with E-state index >= 15 is 0 Å². The van der Waals surface area contributed by atoms with Crippen LogP contribution in [0.2, 0.25) is 0 Å². The summed E-state index contributed by atoms with van der Waals surface area (Å²) in [5.41, 5.74) is 2.00. The number of carbonyl (C=O) groups excluding carboxylic acids is 1. The van der Waals surface area contributed by atoms with Crippen LogP contribution < -0.4 is 10.6 Å². The molecule has 0 atom stereocenters. The fourth-order valence-electron chi connectivity index (χ4n) is 3.32. The lowest BCUT2D eigenvalue weighted by atomic mass is 10.0. The molecule has 0 aliphatic heterocycles. The normalized spacial score (nSPS) is 11.8. The Bertz CT molecular complexity index is 1240. The van der Waals surface area contributed by atoms with Crippen LogP contribution in [0.3, 0.4) is 0 Å². The summed E-state index contributed by atoms with van der Waals surface area (Å²) in [5, 5.41) is 16.5. The van der Waals surface area contributed by atoms with Gasteiger partial charge in [-0.2, -0.15) is 23.4 Å². The van der Waals surface area contributed by atoms with Crippen LogP contribution in [0, 0.1) is 0 Å². The van der Waals surface area contributed by atoms with Gasteiger partial charge in [-0.25, -0.2) is 9.48 Å². The number of urea groups is 1. The van der Waals surface area contributed by atoms with Crippen LogP contribution in [-0.4, -0.2) is 26.0 Å². The van der Waals surface area contributed by atoms with E-state index in [1.54, 1.807) is 30.5 Å². The lowest BCUT2D eigenvalue weighted by Gasteiger charge is -2.11. The number of H-pyrrole nitrogens is 1. The molecule has 0 saturated heterocycles. The van der Waals surface area contributed by atoms with Gasteiger partial charge in [-0.1, -0.05) is 32.0 Å². The highest BCUT2D eigenvalue weighted by Crippen LogP contribution is 2.30. The van der Waals surface area contributed by atoms with Gasteiger partial charge in [0.15, 0.2) is 5.69 Å². The standard InChI is InChI=1S/C22H21F3N6O/c1-13(2)14-6-8-15(9-7-14)31-16(10-20(30-31)22(23,24)25)11-26-21(32)28-18-4-3-5-19-17(18)12-27-29-19/h3-10,12-13H,11H2,1-2H3,(H,27,29)(H2,26,28,32). The lowest BCUT2D eigenvalue weighted by Crippen LogP contribution is -2.29. The average Bonchev–Trinajstić information content (AvgIpc) is 3.40. The van der Waals surface area contributed by atoms with Crippen molar-refractivity contribution in [3.05, 3.63) is 71.7 Å². The van der Waals surface area contributed by atoms with Gasteiger partial charge in [0.2, 0.25) is 0 Å². The first-order valence-corrected chi connectivity index (χ1v) is 9.96. The highest BCUT2D eigenvalue weighted by atomic mass is 19.4. The fraction of sp³-hybridized carbons (Fsp3) is 0.227. The summed E-state index contributed by atoms with van der Waals surface area (Å²) < 4.78 is 41.1. The highest BCUT2D eigenvalue weighted by molar-refractivity contribution is 6.00. The Hall–Kier alpha value is -3.82. The Morgan fingerprint density at radius 1 is 1.16 bits per heavy atom. The predicted molar refractivity (Wildman–Crippen MR) is 115 cm³/mol. The monoisotopic (exact) mass is 442 g/mol. The molecule has 0 aliphatic rings. The Labute approximate surface area is 181 Å². The third-order valence-electron chi connectivity index (χ3n) is 5.04. The van der Waals surface area contributed by atoms with Gasteiger partial charge in [0, 0.05) is 5.39 Å². The van der Waals surface area contributed by atoms with Crippen LogP contribution in [-0.2, 0) is 12.7 Å². The van der Waals surface area contributed by atoms with Crippen LogP contribution in [0.25, 0.3) is 16.6 Å². The first-order chi connectivity index (χ1) is 15.2. The molecule has 4 rings (SSSR count). The number of aromatic nitrogens is 4. The molecule has 4 aromatic rings. The van der Waals surface area contributed by atoms with Crippen molar-refractivity contribution < 1.29 is 18.0 Å². The zero-order valence-corrected chi connectivity index (χ0v) is 17.4. The minimum atomic E-state index is -4.60. The van der Waals surface area contributed by atoms with E-state index in [0.717, 1.165) is 22.5 Å². The van der Waals surface area contributed by atoms with Crippen molar-refractivity contribution >= 4 is 22.6 Å². The molecular formula is C22H21F3N6O. The van der Waals surface area contributed by atoms with Crippen LogP contribution in [0.5, 0.6) is 0 Å². The smallest absolute Gasteiger partial charge is 0.332 e. The summed E-state index contributed by atoms with van der Waals surface area (Å²) in [6, 6.07) is 12.8. The Morgan fingerprint density at radius 3 is 2.59 bits per heavy atom. The number of fused-ring (bicyclic) bond motifs is 1. The van der Waals surface area contributed by atoms with Crippen molar-refractivity contribution in [2.75, 3.05) is 5.32 Å². The maximum Gasteiger partial charge on any atom is 0.435 e. The SMILES string of the molecule is CC(C)c1ccc(-n2nc(C(F)(F)F)cc2CNC(=O)Nc2cccc3[nH]ncc23)cc1. The van der Waals surface area contributed by atoms with E-state index in [9.17, 15) is 18.0 Å². The lowest BCUT2D eigenvalue weighted by molar-refractivity contribution is -0.141. The Balaban J connectivity index is 1.55. The largest absolute Gasteiger partial charge is 0.435 e. The molecule has 0 fully saturated rings. The number of nitrogens with one attached hydrogen (secondary N) is 3. The van der Waals surface area contributed by atoms with Gasteiger partial charge in [-0.3, -0.25) is 5.10 Å². The minimum absolute atomic E-state index is 0.151. The van der Waals surface area contributed by atoms with Crippen molar-refractivity contribution in [3.63, 3.8) is 0 Å². The molecule has 2 amide bonds. The molecule has 2 aromatic heterocycles. The number of halogens is 3. The van der Waals surface area contributed by atoms with E-state index < -0.39 is 17.9 Å². The van der Waals surface area contributed by atoms with Crippen molar-refractivity contribution in [2.24, 2.45) is 0 Å². The van der Waals surface area contributed by atoms with Gasteiger partial charge >= 0.3 is 12.2 Å². The summed E-state index contributed by atoms with van der Waals surface area (Å²) in [6.07, 6.45) is -3.02. The summed E-state index contributed by atoms with van der Waals surface area (Å²) >= 11 is 0. The van der Waals surface area contributed by atoms with E-state index in [1.165, 1.54) is 4.68 Å². The van der Waals surface area contributed by atoms with E-state index in [2.05, 4.69) is 25.9 Å². The van der Waals surface area contributed by atoms with Crippen LogP contribution >= 0.6 is 0 Å². The third-order valence-corrected chi connectivity index (χ3v) is 5.04. The molecule has 0 aliphatic carbocycles. The van der Waals surface area contributed by atoms with E-state index in [-0.39, 0.29) is 18.2 Å². The second kappa shape index (κ2) is 8.37. The number of rotatable bonds is 5. The van der Waals surface area contributed by atoms with Gasteiger partial charge < -0.3 is 10.6 Å². The van der Waals surface area contributed by atoms with Crippen LogP contribution in [0.4, 0.5) is 23.7 Å². The number of anilines is 1. The minimum Gasteiger partial charge on any atom is -0.332 e. The molecular weight excluding hydrogens is 421 g/mol. The van der Waals surface area contributed by atoms with E-state index in [0.29, 0.717) is 11.4 Å². The summed E-state index contributed by atoms with van der Waals surface area (Å²) in [4.78, 5) is 12.4. The molecule has 32 heavy (non-hydrogen) atoms. The van der Waals surface area contributed by atoms with Gasteiger partial charge in [0.25, 0.3) is 0 Å². The quantitative estimate of drug-likeness (QED) is 0.396. The number of hydrogen-bond donors (Lipinski definition) is 3. The number of alkyl halides is 3. The molecule has 0 spiro atoms. The molecule has 0 saturated carbocycles. The van der Waals surface area contributed by atoms with Crippen molar-refractivity contribution in [3.8, 4) is 5.69 Å². The molecule has 3 N–H and O–H groups in total. The number of amides is 2. The van der Waals surface area contributed by atoms with Crippen molar-refractivity contribution in [1.82, 2.24) is 25.3 Å². The number of hydrogen-bond acceptors (Lipinski definition) is 3. The number of nitrogens with zero attached hydrogens (tertiary/aromatic N) is 3. The summed E-state index contributed by atoms with van der Waals surface area (Å²) in [7, 11) is 0. The Morgan fingerprint density at radius 2 is 1.91 bits per heavy atom. The van der Waals surface area contributed by atoms with Gasteiger partial charge in [-0.05, 0) is 41.8 Å². The maximum atomic E-state index is 13.3. The number of aromatic amines is 1. The van der Waals surface area contributed by atoms with Gasteiger partial charge in [0.05, 0.1) is 35.3 Å². The molecule has 0 radical (unpaired) electrons. The zero-order valence-electron chi connectivity index (χ0n) is 17.4. The first-order valence-electron chi connectivity index (χ1n) is 9.96. The fourth-order valence-corrected chi connectivity index (χ4v) is 3.32. The second-order valence-corrected chi connectivity index (χ2v) is 7.62. The topological polar surface area (TPSA) is 87.6 Å². The van der Waals surface area contributed by atoms with Crippen molar-refractivity contribution in [2.45, 2.75) is 32.5 Å². The second-order valence-electron chi connectivity index (χ2n) is 7.62. The molecule has 2 heterocycles. The van der Waals surface area contributed by atoms with Crippen LogP contribution in [0.15, 0.2) is 54.7 Å². The molecule has 166 valence electrons. The van der Waals surface area contributed by atoms with E-state index in [1.807, 2.05) is 32.0 Å². The van der Waals surface area contributed by atoms with E-state index in [4.69, 9.17) is 0 Å². The number of benzene rings is 2. The zero-order chi connectivity index (χ0) is 22.9. The molecule has 10 heteroatoms. The predicted octanol–water partition coefficient (Wildman–Crippen LogP) is 5.21. The molecule has 0 unspecified atom stereocenters. The van der Waals surface area contributed by atoms with Crippen LogP contribution in [0.1, 0.15) is 36.7 Å². The number of carbonyl (C=O) groups is 1. The molecule has 7 nitrogen and oxygen atoms in total. The molecule has 2 aromatic carbocycles. The van der Waals surface area contributed by atoms with Gasteiger partial charge in [-0.15, -0.1) is 0 Å². The Kier molecular flexibility index (Phi) is 5.60.